The number of hydrogen-bond acceptors (Lipinski definition) is 3. The van der Waals surface area contributed by atoms with Gasteiger partial charge >= 0.3 is 0 Å². The van der Waals surface area contributed by atoms with E-state index in [1.54, 1.807) is 23.7 Å². The van der Waals surface area contributed by atoms with E-state index in [9.17, 15) is 9.90 Å². The summed E-state index contributed by atoms with van der Waals surface area (Å²) in [6.45, 7) is 0.411. The molecule has 3 nitrogen and oxygen atoms in total. The van der Waals surface area contributed by atoms with Crippen molar-refractivity contribution in [2.45, 2.75) is 29.6 Å². The fourth-order valence-corrected chi connectivity index (χ4v) is 3.50. The summed E-state index contributed by atoms with van der Waals surface area (Å²) < 4.78 is 0. The van der Waals surface area contributed by atoms with Crippen LogP contribution in [0.4, 0.5) is 0 Å². The van der Waals surface area contributed by atoms with Gasteiger partial charge in [-0.15, -0.1) is 11.8 Å². The van der Waals surface area contributed by atoms with Gasteiger partial charge in [-0.05, 0) is 48.6 Å². The molecule has 1 fully saturated rings. The van der Waals surface area contributed by atoms with Gasteiger partial charge in [-0.2, -0.15) is 0 Å². The molecule has 1 aliphatic carbocycles. The summed E-state index contributed by atoms with van der Waals surface area (Å²) in [6, 6.07) is 18.1. The first-order valence-corrected chi connectivity index (χ1v) is 9.32. The van der Waals surface area contributed by atoms with Crippen molar-refractivity contribution in [3.8, 4) is 0 Å². The molecule has 0 aromatic heterocycles. The van der Waals surface area contributed by atoms with Crippen LogP contribution < -0.4 is 0 Å². The van der Waals surface area contributed by atoms with Crippen LogP contribution >= 0.6 is 11.8 Å². The zero-order chi connectivity index (χ0) is 16.9. The van der Waals surface area contributed by atoms with Crippen molar-refractivity contribution in [3.63, 3.8) is 0 Å². The number of likely N-dealkylation sites (N-methyl/N-ethyl adjacent to an activating group) is 1. The largest absolute Gasteiger partial charge is 0.391 e. The standard InChI is InChI=1S/C20H23NO2S/c1-21(13-19(22)16-7-8-16)20(23)17-9-11-18(12-10-17)24-14-15-5-3-2-4-6-15/h2-6,9-12,16,19,22H,7-8,13-14H2,1H3. The number of benzene rings is 2. The van der Waals surface area contributed by atoms with Crippen LogP contribution in [0.5, 0.6) is 0 Å². The Kier molecular flexibility index (Phi) is 5.59. The normalized spacial score (nSPS) is 15.1. The number of thioether (sulfide) groups is 1. The van der Waals surface area contributed by atoms with E-state index in [-0.39, 0.29) is 12.0 Å². The number of amides is 1. The highest BCUT2D eigenvalue weighted by Gasteiger charge is 2.31. The summed E-state index contributed by atoms with van der Waals surface area (Å²) in [5.41, 5.74) is 1.96. The third kappa shape index (κ3) is 4.62. The minimum atomic E-state index is -0.389. The molecule has 126 valence electrons. The fourth-order valence-electron chi connectivity index (χ4n) is 2.65. The smallest absolute Gasteiger partial charge is 0.253 e. The van der Waals surface area contributed by atoms with Crippen molar-refractivity contribution >= 4 is 17.7 Å². The number of aliphatic hydroxyl groups is 1. The van der Waals surface area contributed by atoms with Gasteiger partial charge in [-0.3, -0.25) is 4.79 Å². The number of hydrogen-bond donors (Lipinski definition) is 1. The van der Waals surface area contributed by atoms with E-state index in [2.05, 4.69) is 12.1 Å². The Morgan fingerprint density at radius 2 is 1.83 bits per heavy atom. The number of carbonyl (C=O) groups excluding carboxylic acids is 1. The van der Waals surface area contributed by atoms with Crippen molar-refractivity contribution in [1.29, 1.82) is 0 Å². The van der Waals surface area contributed by atoms with Gasteiger partial charge < -0.3 is 10.0 Å². The zero-order valence-corrected chi connectivity index (χ0v) is 14.7. The van der Waals surface area contributed by atoms with Crippen LogP contribution in [0, 0.1) is 5.92 Å². The van der Waals surface area contributed by atoms with Crippen molar-refractivity contribution in [2.75, 3.05) is 13.6 Å². The highest BCUT2D eigenvalue weighted by Crippen LogP contribution is 2.32. The lowest BCUT2D eigenvalue weighted by atomic mass is 10.1. The van der Waals surface area contributed by atoms with E-state index in [1.807, 2.05) is 42.5 Å². The minimum Gasteiger partial charge on any atom is -0.391 e. The van der Waals surface area contributed by atoms with Crippen molar-refractivity contribution in [3.05, 3.63) is 65.7 Å². The molecule has 1 amide bonds. The Balaban J connectivity index is 1.54. The van der Waals surface area contributed by atoms with Gasteiger partial charge in [0.1, 0.15) is 0 Å². The van der Waals surface area contributed by atoms with Crippen LogP contribution in [0.3, 0.4) is 0 Å². The Labute approximate surface area is 147 Å². The minimum absolute atomic E-state index is 0.0330. The first-order chi connectivity index (χ1) is 11.6. The SMILES string of the molecule is CN(CC(O)C1CC1)C(=O)c1ccc(SCc2ccccc2)cc1. The van der Waals surface area contributed by atoms with Crippen LogP contribution in [0.25, 0.3) is 0 Å². The first-order valence-electron chi connectivity index (χ1n) is 8.34. The molecule has 1 saturated carbocycles. The third-order valence-electron chi connectivity index (χ3n) is 4.32. The molecular weight excluding hydrogens is 318 g/mol. The highest BCUT2D eigenvalue weighted by molar-refractivity contribution is 7.98. The average Bonchev–Trinajstić information content (AvgIpc) is 3.46. The summed E-state index contributed by atoms with van der Waals surface area (Å²) in [4.78, 5) is 15.2. The average molecular weight is 341 g/mol. The Hall–Kier alpha value is -1.78. The van der Waals surface area contributed by atoms with Crippen molar-refractivity contribution < 1.29 is 9.90 Å². The predicted molar refractivity (Wildman–Crippen MR) is 98.1 cm³/mol. The van der Waals surface area contributed by atoms with E-state index in [0.29, 0.717) is 18.0 Å². The lowest BCUT2D eigenvalue weighted by molar-refractivity contribution is 0.0645. The molecule has 0 radical (unpaired) electrons. The molecule has 0 bridgehead atoms. The molecule has 2 aromatic rings. The van der Waals surface area contributed by atoms with Crippen LogP contribution in [0.15, 0.2) is 59.5 Å². The summed E-state index contributed by atoms with van der Waals surface area (Å²) >= 11 is 1.76. The molecule has 24 heavy (non-hydrogen) atoms. The van der Waals surface area contributed by atoms with Gasteiger partial charge in [0.15, 0.2) is 0 Å². The van der Waals surface area contributed by atoms with E-state index in [4.69, 9.17) is 0 Å². The van der Waals surface area contributed by atoms with Gasteiger partial charge in [-0.1, -0.05) is 30.3 Å². The van der Waals surface area contributed by atoms with E-state index >= 15 is 0 Å². The Morgan fingerprint density at radius 3 is 2.46 bits per heavy atom. The van der Waals surface area contributed by atoms with Gasteiger partial charge in [0, 0.05) is 29.8 Å². The second-order valence-corrected chi connectivity index (χ2v) is 7.44. The molecule has 4 heteroatoms. The monoisotopic (exact) mass is 341 g/mol. The first kappa shape index (κ1) is 17.1. The molecule has 1 unspecified atom stereocenters. The molecule has 2 aromatic carbocycles. The Bertz CT molecular complexity index is 668. The quantitative estimate of drug-likeness (QED) is 0.778. The van der Waals surface area contributed by atoms with Crippen LogP contribution in [0.1, 0.15) is 28.8 Å². The fraction of sp³-hybridized carbons (Fsp3) is 0.350. The van der Waals surface area contributed by atoms with E-state index in [1.165, 1.54) is 5.56 Å². The van der Waals surface area contributed by atoms with Crippen molar-refractivity contribution in [1.82, 2.24) is 4.90 Å². The van der Waals surface area contributed by atoms with Crippen molar-refractivity contribution in [2.24, 2.45) is 5.92 Å². The van der Waals surface area contributed by atoms with Gasteiger partial charge in [0.25, 0.3) is 5.91 Å². The number of aliphatic hydroxyl groups excluding tert-OH is 1. The molecule has 0 saturated heterocycles. The molecule has 0 aliphatic heterocycles. The van der Waals surface area contributed by atoms with Gasteiger partial charge in [0.05, 0.1) is 6.10 Å². The van der Waals surface area contributed by atoms with E-state index < -0.39 is 0 Å². The van der Waals surface area contributed by atoms with E-state index in [0.717, 1.165) is 23.5 Å². The highest BCUT2D eigenvalue weighted by atomic mass is 32.2. The topological polar surface area (TPSA) is 40.5 Å². The molecule has 3 rings (SSSR count). The summed E-state index contributed by atoms with van der Waals surface area (Å²) in [6.07, 6.45) is 1.77. The van der Waals surface area contributed by atoms with Crippen LogP contribution in [-0.4, -0.2) is 35.6 Å². The number of nitrogens with zero attached hydrogens (tertiary/aromatic N) is 1. The van der Waals surface area contributed by atoms with Gasteiger partial charge in [-0.25, -0.2) is 0 Å². The predicted octanol–water partition coefficient (Wildman–Crippen LogP) is 3.82. The molecule has 1 aliphatic rings. The summed E-state index contributed by atoms with van der Waals surface area (Å²) in [5.74, 6) is 1.27. The number of rotatable bonds is 7. The second kappa shape index (κ2) is 7.86. The van der Waals surface area contributed by atoms with Gasteiger partial charge in [0.2, 0.25) is 0 Å². The maximum Gasteiger partial charge on any atom is 0.253 e. The maximum absolute atomic E-state index is 12.4. The van der Waals surface area contributed by atoms with Crippen LogP contribution in [0.2, 0.25) is 0 Å². The summed E-state index contributed by atoms with van der Waals surface area (Å²) in [7, 11) is 1.76. The third-order valence-corrected chi connectivity index (χ3v) is 5.41. The molecule has 0 heterocycles. The second-order valence-electron chi connectivity index (χ2n) is 6.39. The lowest BCUT2D eigenvalue weighted by Gasteiger charge is -2.20. The maximum atomic E-state index is 12.4. The molecule has 1 N–H and O–H groups in total. The molecule has 1 atom stereocenters. The number of carbonyl (C=O) groups is 1. The Morgan fingerprint density at radius 1 is 1.17 bits per heavy atom. The molecule has 0 spiro atoms. The lowest BCUT2D eigenvalue weighted by Crippen LogP contribution is -2.35. The zero-order valence-electron chi connectivity index (χ0n) is 13.9. The summed E-state index contributed by atoms with van der Waals surface area (Å²) in [5, 5.41) is 9.98. The van der Waals surface area contributed by atoms with Crippen LogP contribution in [-0.2, 0) is 5.75 Å². The molecular formula is C20H23NO2S.